The minimum Gasteiger partial charge on any atom is -0.402 e. The van der Waals surface area contributed by atoms with Crippen molar-refractivity contribution >= 4 is 15.8 Å². The molecule has 0 aliphatic carbocycles. The number of hydrogen-bond donors (Lipinski definition) is 0. The molecule has 0 fully saturated rings. The zero-order valence-electron chi connectivity index (χ0n) is 16.4. The summed E-state index contributed by atoms with van der Waals surface area (Å²) >= 11 is 0. The quantitative estimate of drug-likeness (QED) is 0.434. The average Bonchev–Trinajstić information content (AvgIpc) is 3.11. The fraction of sp³-hybridized carbons (Fsp3) is 0.0435. The van der Waals surface area contributed by atoms with Gasteiger partial charge in [0.25, 0.3) is 0 Å². The Labute approximate surface area is 178 Å². The molecule has 0 N–H and O–H groups in total. The molecule has 0 saturated heterocycles. The third-order valence-corrected chi connectivity index (χ3v) is 6.44. The van der Waals surface area contributed by atoms with Gasteiger partial charge in [0.2, 0.25) is 15.7 Å². The lowest BCUT2D eigenvalue weighted by Gasteiger charge is -2.11. The number of aromatic nitrogens is 2. The van der Waals surface area contributed by atoms with Gasteiger partial charge in [0, 0.05) is 0 Å². The number of carbonyl (C=O) groups is 1. The van der Waals surface area contributed by atoms with E-state index >= 15 is 0 Å². The van der Waals surface area contributed by atoms with Crippen LogP contribution in [0, 0.1) is 12.7 Å². The van der Waals surface area contributed by atoms with Crippen molar-refractivity contribution in [2.75, 3.05) is 0 Å². The highest BCUT2D eigenvalue weighted by atomic mass is 32.2. The van der Waals surface area contributed by atoms with E-state index in [4.69, 9.17) is 4.74 Å². The van der Waals surface area contributed by atoms with E-state index in [2.05, 4.69) is 5.10 Å². The standard InChI is InChI=1S/C23H17FN2O4S/c1-16-21(31(28,29)20-13-6-3-7-14-20)22(26(25-16)19-11-4-2-5-12-19)30-23(27)17-9-8-10-18(24)15-17/h2-15H,1H3. The van der Waals surface area contributed by atoms with Gasteiger partial charge < -0.3 is 4.74 Å². The Hall–Kier alpha value is -3.78. The smallest absolute Gasteiger partial charge is 0.345 e. The van der Waals surface area contributed by atoms with Gasteiger partial charge in [-0.2, -0.15) is 9.78 Å². The first-order chi connectivity index (χ1) is 14.9. The van der Waals surface area contributed by atoms with Crippen molar-refractivity contribution in [1.29, 1.82) is 0 Å². The predicted octanol–water partition coefficient (Wildman–Crippen LogP) is 4.37. The number of halogens is 1. The summed E-state index contributed by atoms with van der Waals surface area (Å²) < 4.78 is 47.1. The van der Waals surface area contributed by atoms with Gasteiger partial charge >= 0.3 is 5.97 Å². The van der Waals surface area contributed by atoms with Crippen LogP contribution in [0.25, 0.3) is 5.69 Å². The highest BCUT2D eigenvalue weighted by molar-refractivity contribution is 7.91. The minimum atomic E-state index is -4.06. The van der Waals surface area contributed by atoms with Crippen molar-refractivity contribution in [2.24, 2.45) is 0 Å². The van der Waals surface area contributed by atoms with Crippen molar-refractivity contribution in [2.45, 2.75) is 16.7 Å². The van der Waals surface area contributed by atoms with Crippen LogP contribution >= 0.6 is 0 Å². The summed E-state index contributed by atoms with van der Waals surface area (Å²) in [6, 6.07) is 21.4. The van der Waals surface area contributed by atoms with E-state index in [1.165, 1.54) is 41.9 Å². The number of carbonyl (C=O) groups excluding carboxylic acids is 1. The lowest BCUT2D eigenvalue weighted by Crippen LogP contribution is -2.14. The summed E-state index contributed by atoms with van der Waals surface area (Å²) in [5.41, 5.74) is 0.610. The Kier molecular flexibility index (Phi) is 5.39. The number of hydrogen-bond acceptors (Lipinski definition) is 5. The number of nitrogens with zero attached hydrogens (tertiary/aromatic N) is 2. The first kappa shape index (κ1) is 20.5. The van der Waals surface area contributed by atoms with Crippen molar-refractivity contribution in [3.63, 3.8) is 0 Å². The monoisotopic (exact) mass is 436 g/mol. The summed E-state index contributed by atoms with van der Waals surface area (Å²) in [6.07, 6.45) is 0. The van der Waals surface area contributed by atoms with E-state index in [0.717, 1.165) is 6.07 Å². The second kappa shape index (κ2) is 8.16. The molecule has 0 aliphatic heterocycles. The van der Waals surface area contributed by atoms with Crippen molar-refractivity contribution in [3.05, 3.63) is 102 Å². The van der Waals surface area contributed by atoms with Crippen LogP contribution in [0.1, 0.15) is 16.1 Å². The molecule has 0 spiro atoms. The maximum atomic E-state index is 13.6. The molecule has 4 rings (SSSR count). The molecule has 3 aromatic carbocycles. The molecule has 0 aliphatic rings. The summed E-state index contributed by atoms with van der Waals surface area (Å²) in [5.74, 6) is -1.78. The third-order valence-electron chi connectivity index (χ3n) is 4.54. The van der Waals surface area contributed by atoms with Crippen LogP contribution in [0.15, 0.2) is 94.7 Å². The predicted molar refractivity (Wildman–Crippen MR) is 112 cm³/mol. The summed E-state index contributed by atoms with van der Waals surface area (Å²) in [6.45, 7) is 1.52. The van der Waals surface area contributed by atoms with Gasteiger partial charge in [0.05, 0.1) is 21.8 Å². The van der Waals surface area contributed by atoms with Crippen LogP contribution < -0.4 is 4.74 Å². The van der Waals surface area contributed by atoms with Crippen LogP contribution in [0.5, 0.6) is 5.88 Å². The van der Waals surface area contributed by atoms with E-state index in [1.807, 2.05) is 0 Å². The highest BCUT2D eigenvalue weighted by Gasteiger charge is 2.32. The first-order valence-electron chi connectivity index (χ1n) is 9.31. The molecule has 0 saturated carbocycles. The second-order valence-corrected chi connectivity index (χ2v) is 8.57. The number of rotatable bonds is 5. The number of benzene rings is 3. The molecule has 0 radical (unpaired) electrons. The number of ether oxygens (including phenoxy) is 1. The van der Waals surface area contributed by atoms with Gasteiger partial charge in [-0.15, -0.1) is 0 Å². The molecular weight excluding hydrogens is 419 g/mol. The van der Waals surface area contributed by atoms with Crippen molar-refractivity contribution in [3.8, 4) is 11.6 Å². The maximum Gasteiger partial charge on any atom is 0.345 e. The molecule has 0 atom stereocenters. The number of esters is 1. The van der Waals surface area contributed by atoms with E-state index in [9.17, 15) is 17.6 Å². The van der Waals surface area contributed by atoms with Gasteiger partial charge in [-0.3, -0.25) is 0 Å². The lowest BCUT2D eigenvalue weighted by atomic mass is 10.2. The lowest BCUT2D eigenvalue weighted by molar-refractivity contribution is 0.0717. The molecule has 1 heterocycles. The van der Waals surface area contributed by atoms with E-state index in [-0.39, 0.29) is 26.9 Å². The van der Waals surface area contributed by atoms with Crippen LogP contribution in [0.4, 0.5) is 4.39 Å². The minimum absolute atomic E-state index is 0.0359. The normalized spacial score (nSPS) is 11.3. The van der Waals surface area contributed by atoms with Crippen LogP contribution in [0.2, 0.25) is 0 Å². The zero-order valence-corrected chi connectivity index (χ0v) is 17.2. The Morgan fingerprint density at radius 2 is 1.58 bits per heavy atom. The third kappa shape index (κ3) is 3.97. The van der Waals surface area contributed by atoms with Gasteiger partial charge in [0.1, 0.15) is 5.82 Å². The molecule has 6 nitrogen and oxygen atoms in total. The Balaban J connectivity index is 1.90. The Bertz CT molecular complexity index is 1350. The zero-order chi connectivity index (χ0) is 22.0. The second-order valence-electron chi connectivity index (χ2n) is 6.68. The van der Waals surface area contributed by atoms with Crippen LogP contribution in [-0.4, -0.2) is 24.2 Å². The van der Waals surface area contributed by atoms with Gasteiger partial charge in [-0.05, 0) is 49.4 Å². The fourth-order valence-electron chi connectivity index (χ4n) is 3.11. The fourth-order valence-corrected chi connectivity index (χ4v) is 4.65. The number of sulfone groups is 1. The van der Waals surface area contributed by atoms with E-state index in [1.54, 1.807) is 48.5 Å². The van der Waals surface area contributed by atoms with E-state index in [0.29, 0.717) is 5.69 Å². The molecule has 1 aromatic heterocycles. The molecule has 0 bridgehead atoms. The molecule has 0 unspecified atom stereocenters. The number of para-hydroxylation sites is 1. The SMILES string of the molecule is Cc1nn(-c2ccccc2)c(OC(=O)c2cccc(F)c2)c1S(=O)(=O)c1ccccc1. The molecular formula is C23H17FN2O4S. The van der Waals surface area contributed by atoms with Crippen LogP contribution in [-0.2, 0) is 9.84 Å². The molecule has 4 aromatic rings. The molecule has 0 amide bonds. The molecule has 8 heteroatoms. The highest BCUT2D eigenvalue weighted by Crippen LogP contribution is 2.34. The van der Waals surface area contributed by atoms with Gasteiger partial charge in [-0.1, -0.05) is 42.5 Å². The first-order valence-corrected chi connectivity index (χ1v) is 10.8. The summed E-state index contributed by atoms with van der Waals surface area (Å²) in [5, 5.41) is 4.32. The van der Waals surface area contributed by atoms with E-state index < -0.39 is 21.6 Å². The van der Waals surface area contributed by atoms with Gasteiger partial charge in [-0.25, -0.2) is 17.6 Å². The summed E-state index contributed by atoms with van der Waals surface area (Å²) in [7, 11) is -4.06. The topological polar surface area (TPSA) is 78.3 Å². The maximum absolute atomic E-state index is 13.6. The van der Waals surface area contributed by atoms with Crippen molar-refractivity contribution < 1.29 is 22.3 Å². The molecule has 31 heavy (non-hydrogen) atoms. The Morgan fingerprint density at radius 1 is 0.935 bits per heavy atom. The number of aryl methyl sites for hydroxylation is 1. The average molecular weight is 436 g/mol. The van der Waals surface area contributed by atoms with Gasteiger partial charge in [0.15, 0.2) is 4.90 Å². The largest absolute Gasteiger partial charge is 0.402 e. The van der Waals surface area contributed by atoms with Crippen molar-refractivity contribution in [1.82, 2.24) is 9.78 Å². The molecule has 156 valence electrons. The van der Waals surface area contributed by atoms with Crippen LogP contribution in [0.3, 0.4) is 0 Å². The Morgan fingerprint density at radius 3 is 2.23 bits per heavy atom. The summed E-state index contributed by atoms with van der Waals surface area (Å²) in [4.78, 5) is 12.6.